The van der Waals surface area contributed by atoms with E-state index in [2.05, 4.69) is 21.2 Å². The van der Waals surface area contributed by atoms with Crippen molar-refractivity contribution < 1.29 is 24.6 Å². The predicted octanol–water partition coefficient (Wildman–Crippen LogP) is 5.31. The van der Waals surface area contributed by atoms with Crippen LogP contribution in [0.1, 0.15) is 38.4 Å². The van der Waals surface area contributed by atoms with Gasteiger partial charge in [0.2, 0.25) is 0 Å². The maximum Gasteiger partial charge on any atom is 0.412 e. The van der Waals surface area contributed by atoms with Gasteiger partial charge in [-0.25, -0.2) is 10.3 Å². The van der Waals surface area contributed by atoms with E-state index in [-0.39, 0.29) is 5.75 Å². The molecule has 0 radical (unpaired) electrons. The molecule has 0 aliphatic heterocycles. The molecule has 0 aliphatic carbocycles. The van der Waals surface area contributed by atoms with Gasteiger partial charge in [-0.15, -0.1) is 0 Å². The van der Waals surface area contributed by atoms with E-state index < -0.39 is 23.5 Å². The Labute approximate surface area is 183 Å². The van der Waals surface area contributed by atoms with Gasteiger partial charge in [-0.1, -0.05) is 48.0 Å². The fourth-order valence-corrected chi connectivity index (χ4v) is 3.19. The number of rotatable bonds is 8. The van der Waals surface area contributed by atoms with Crippen molar-refractivity contribution in [3.63, 3.8) is 0 Å². The highest BCUT2D eigenvalue weighted by Crippen LogP contribution is 2.41. The zero-order chi connectivity index (χ0) is 22.1. The van der Waals surface area contributed by atoms with Crippen molar-refractivity contribution in [1.29, 1.82) is 0 Å². The zero-order valence-corrected chi connectivity index (χ0v) is 18.3. The van der Waals surface area contributed by atoms with E-state index in [0.717, 1.165) is 10.0 Å². The van der Waals surface area contributed by atoms with E-state index in [9.17, 15) is 14.7 Å². The molecule has 0 aromatic heterocycles. The lowest BCUT2D eigenvalue weighted by Crippen LogP contribution is -2.29. The Kier molecular flexibility index (Phi) is 8.44. The highest BCUT2D eigenvalue weighted by molar-refractivity contribution is 9.10. The Morgan fingerprint density at radius 3 is 2.37 bits per heavy atom. The summed E-state index contributed by atoms with van der Waals surface area (Å²) >= 11 is 3.35. The standard InChI is InChI=1S/C22H25BrN2O5/c1-22(2,14-4-3-5-19(27)25-29)20(15-6-12-18(26)13-7-15)30-21(28)24-17-10-8-16(23)9-11-17/h3,5-13,20,26,29H,4,14H2,1-2H3,(H,24,28)(H,25,27)/b5-3+/t20-/m0/s1. The minimum absolute atomic E-state index is 0.118. The smallest absolute Gasteiger partial charge is 0.412 e. The van der Waals surface area contributed by atoms with Crippen LogP contribution in [0.15, 0.2) is 65.2 Å². The maximum absolute atomic E-state index is 12.6. The number of anilines is 1. The van der Waals surface area contributed by atoms with Crippen LogP contribution in [0.25, 0.3) is 0 Å². The molecule has 2 amide bonds. The number of ether oxygens (including phenoxy) is 1. The number of halogens is 1. The van der Waals surface area contributed by atoms with Gasteiger partial charge in [0.25, 0.3) is 5.91 Å². The van der Waals surface area contributed by atoms with Gasteiger partial charge in [0.15, 0.2) is 0 Å². The third-order valence-corrected chi connectivity index (χ3v) is 5.08. The van der Waals surface area contributed by atoms with Crippen molar-refractivity contribution >= 4 is 33.6 Å². The molecule has 7 nitrogen and oxygen atoms in total. The van der Waals surface area contributed by atoms with E-state index in [0.29, 0.717) is 18.5 Å². The summed E-state index contributed by atoms with van der Waals surface area (Å²) in [4.78, 5) is 23.7. The second kappa shape index (κ2) is 10.8. The summed E-state index contributed by atoms with van der Waals surface area (Å²) < 4.78 is 6.68. The van der Waals surface area contributed by atoms with E-state index in [1.54, 1.807) is 42.5 Å². The van der Waals surface area contributed by atoms with Crippen LogP contribution in [0.4, 0.5) is 10.5 Å². The highest BCUT2D eigenvalue weighted by atomic mass is 79.9. The molecule has 30 heavy (non-hydrogen) atoms. The number of hydrogen-bond donors (Lipinski definition) is 4. The number of aromatic hydroxyl groups is 1. The molecule has 2 aromatic rings. The number of hydrogen-bond acceptors (Lipinski definition) is 5. The van der Waals surface area contributed by atoms with Crippen LogP contribution in [0, 0.1) is 5.41 Å². The Morgan fingerprint density at radius 2 is 1.77 bits per heavy atom. The molecule has 160 valence electrons. The maximum atomic E-state index is 12.6. The van der Waals surface area contributed by atoms with E-state index in [1.165, 1.54) is 11.6 Å². The first-order chi connectivity index (χ1) is 14.2. The number of nitrogens with one attached hydrogen (secondary N) is 2. The van der Waals surface area contributed by atoms with Gasteiger partial charge in [-0.05, 0) is 54.8 Å². The van der Waals surface area contributed by atoms with Gasteiger partial charge in [0.1, 0.15) is 11.9 Å². The average Bonchev–Trinajstić information content (AvgIpc) is 2.71. The highest BCUT2D eigenvalue weighted by Gasteiger charge is 2.33. The van der Waals surface area contributed by atoms with Crippen LogP contribution in [0.3, 0.4) is 0 Å². The lowest BCUT2D eigenvalue weighted by molar-refractivity contribution is -0.124. The summed E-state index contributed by atoms with van der Waals surface area (Å²) in [5.41, 5.74) is 2.38. The second-order valence-corrected chi connectivity index (χ2v) is 8.33. The van der Waals surface area contributed by atoms with Crippen LogP contribution >= 0.6 is 15.9 Å². The third-order valence-electron chi connectivity index (χ3n) is 4.56. The van der Waals surface area contributed by atoms with Crippen LogP contribution in [0.2, 0.25) is 0 Å². The first kappa shape index (κ1) is 23.4. The van der Waals surface area contributed by atoms with Gasteiger partial charge in [0, 0.05) is 21.7 Å². The molecule has 4 N–H and O–H groups in total. The van der Waals surface area contributed by atoms with Crippen LogP contribution in [0.5, 0.6) is 5.75 Å². The summed E-state index contributed by atoms with van der Waals surface area (Å²) in [7, 11) is 0. The quantitative estimate of drug-likeness (QED) is 0.234. The summed E-state index contributed by atoms with van der Waals surface area (Å²) in [5, 5.41) is 20.9. The molecule has 1 atom stereocenters. The summed E-state index contributed by atoms with van der Waals surface area (Å²) in [6, 6.07) is 13.6. The Morgan fingerprint density at radius 1 is 1.13 bits per heavy atom. The first-order valence-corrected chi connectivity index (χ1v) is 10.1. The topological polar surface area (TPSA) is 108 Å². The van der Waals surface area contributed by atoms with Crippen LogP contribution < -0.4 is 10.8 Å². The predicted molar refractivity (Wildman–Crippen MR) is 117 cm³/mol. The molecule has 0 saturated heterocycles. The van der Waals surface area contributed by atoms with Crippen molar-refractivity contribution in [2.75, 3.05) is 5.32 Å². The number of phenols is 1. The average molecular weight is 477 g/mol. The summed E-state index contributed by atoms with van der Waals surface area (Å²) in [5.74, 6) is -0.486. The van der Waals surface area contributed by atoms with Crippen molar-refractivity contribution in [1.82, 2.24) is 5.48 Å². The molecule has 0 saturated carbocycles. The van der Waals surface area contributed by atoms with Gasteiger partial charge < -0.3 is 9.84 Å². The zero-order valence-electron chi connectivity index (χ0n) is 16.8. The number of amides is 2. The lowest BCUT2D eigenvalue weighted by atomic mass is 9.78. The van der Waals surface area contributed by atoms with Crippen LogP contribution in [-0.2, 0) is 9.53 Å². The minimum atomic E-state index is -0.604. The number of hydroxylamine groups is 1. The molecule has 0 fully saturated rings. The van der Waals surface area contributed by atoms with Crippen LogP contribution in [-0.4, -0.2) is 22.3 Å². The molecular formula is C22H25BrN2O5. The number of phenolic OH excluding ortho intramolecular Hbond substituents is 1. The molecule has 8 heteroatoms. The number of benzene rings is 2. The summed E-state index contributed by atoms with van der Waals surface area (Å²) in [6.45, 7) is 3.91. The number of carbonyl (C=O) groups excluding carboxylic acids is 2. The van der Waals surface area contributed by atoms with Crippen molar-refractivity contribution in [3.05, 3.63) is 70.7 Å². The molecule has 0 bridgehead atoms. The molecular weight excluding hydrogens is 452 g/mol. The Hall–Kier alpha value is -2.84. The fraction of sp³-hybridized carbons (Fsp3) is 0.273. The van der Waals surface area contributed by atoms with Crippen molar-refractivity contribution in [2.24, 2.45) is 5.41 Å². The Balaban J connectivity index is 2.15. The molecule has 0 aliphatic rings. The molecule has 0 unspecified atom stereocenters. The molecule has 2 rings (SSSR count). The monoisotopic (exact) mass is 476 g/mol. The van der Waals surface area contributed by atoms with E-state index in [1.807, 2.05) is 26.0 Å². The fourth-order valence-electron chi connectivity index (χ4n) is 2.93. The SMILES string of the molecule is CC(C)(CC/C=C/C(=O)NO)[C@@H](OC(=O)Nc1ccc(Br)cc1)c1ccc(O)cc1. The van der Waals surface area contributed by atoms with Gasteiger partial charge in [-0.3, -0.25) is 15.3 Å². The second-order valence-electron chi connectivity index (χ2n) is 7.41. The number of carbonyl (C=O) groups is 2. The van der Waals surface area contributed by atoms with E-state index >= 15 is 0 Å². The number of allylic oxidation sites excluding steroid dienone is 1. The van der Waals surface area contributed by atoms with Crippen molar-refractivity contribution in [2.45, 2.75) is 32.8 Å². The van der Waals surface area contributed by atoms with Gasteiger partial charge >= 0.3 is 6.09 Å². The lowest BCUT2D eigenvalue weighted by Gasteiger charge is -2.34. The van der Waals surface area contributed by atoms with E-state index in [4.69, 9.17) is 9.94 Å². The third kappa shape index (κ3) is 7.20. The van der Waals surface area contributed by atoms with Crippen molar-refractivity contribution in [3.8, 4) is 5.75 Å². The Bertz CT molecular complexity index is 879. The minimum Gasteiger partial charge on any atom is -0.508 e. The first-order valence-electron chi connectivity index (χ1n) is 9.34. The largest absolute Gasteiger partial charge is 0.508 e. The molecule has 0 spiro atoms. The molecule has 0 heterocycles. The van der Waals surface area contributed by atoms with Gasteiger partial charge in [-0.2, -0.15) is 0 Å². The normalized spacial score (nSPS) is 12.4. The van der Waals surface area contributed by atoms with Gasteiger partial charge in [0.05, 0.1) is 0 Å². The summed E-state index contributed by atoms with van der Waals surface area (Å²) in [6.07, 6.45) is 2.81. The molecule has 2 aromatic carbocycles.